The smallest absolute Gasteiger partial charge is 0.0628 e. The summed E-state index contributed by atoms with van der Waals surface area (Å²) in [5.41, 5.74) is 0. The summed E-state index contributed by atoms with van der Waals surface area (Å²) in [6.45, 7) is 7.38. The molecule has 0 aromatic heterocycles. The van der Waals surface area contributed by atoms with Gasteiger partial charge in [0.05, 0.1) is 6.61 Å². The molecule has 0 radical (unpaired) electrons. The lowest BCUT2D eigenvalue weighted by Crippen LogP contribution is -2.45. The first-order valence-corrected chi connectivity index (χ1v) is 6.11. The van der Waals surface area contributed by atoms with Gasteiger partial charge < -0.3 is 15.0 Å². The highest BCUT2D eigenvalue weighted by Crippen LogP contribution is 2.34. The third kappa shape index (κ3) is 4.49. The molecule has 1 aliphatic carbocycles. The molecule has 1 aliphatic rings. The van der Waals surface area contributed by atoms with E-state index in [1.807, 2.05) is 0 Å². The van der Waals surface area contributed by atoms with Crippen LogP contribution < -0.4 is 5.32 Å². The molecule has 0 heterocycles. The van der Waals surface area contributed by atoms with Crippen LogP contribution in [0.1, 0.15) is 26.7 Å². The number of rotatable bonds is 8. The van der Waals surface area contributed by atoms with Crippen molar-refractivity contribution in [3.8, 4) is 0 Å². The van der Waals surface area contributed by atoms with Crippen molar-refractivity contribution in [1.29, 1.82) is 0 Å². The van der Waals surface area contributed by atoms with Crippen LogP contribution in [0.4, 0.5) is 0 Å². The number of ether oxygens (including phenoxy) is 1. The van der Waals surface area contributed by atoms with Gasteiger partial charge >= 0.3 is 0 Å². The fourth-order valence-electron chi connectivity index (χ4n) is 2.12. The molecule has 1 saturated carbocycles. The van der Waals surface area contributed by atoms with Crippen LogP contribution in [-0.4, -0.2) is 50.8 Å². The standard InChI is InChI=1S/C12H26N2O/c1-5-13-12(9-15-4)8-14(3)10(2)11-6-7-11/h10-13H,5-9H2,1-4H3. The molecule has 1 N–H and O–H groups in total. The summed E-state index contributed by atoms with van der Waals surface area (Å²) in [5.74, 6) is 0.944. The molecule has 15 heavy (non-hydrogen) atoms. The summed E-state index contributed by atoms with van der Waals surface area (Å²) in [5, 5.41) is 3.46. The minimum absolute atomic E-state index is 0.464. The molecule has 1 fully saturated rings. The average molecular weight is 214 g/mol. The zero-order chi connectivity index (χ0) is 11.3. The van der Waals surface area contributed by atoms with Gasteiger partial charge in [0.15, 0.2) is 0 Å². The van der Waals surface area contributed by atoms with Crippen LogP contribution in [0.3, 0.4) is 0 Å². The predicted octanol–water partition coefficient (Wildman–Crippen LogP) is 1.34. The largest absolute Gasteiger partial charge is 0.383 e. The van der Waals surface area contributed by atoms with E-state index < -0.39 is 0 Å². The molecule has 0 aromatic carbocycles. The second-order valence-electron chi connectivity index (χ2n) is 4.73. The van der Waals surface area contributed by atoms with Crippen LogP contribution in [0.5, 0.6) is 0 Å². The maximum Gasteiger partial charge on any atom is 0.0628 e. The highest BCUT2D eigenvalue weighted by Gasteiger charge is 2.30. The number of nitrogens with zero attached hydrogens (tertiary/aromatic N) is 1. The lowest BCUT2D eigenvalue weighted by atomic mass is 10.1. The van der Waals surface area contributed by atoms with Gasteiger partial charge in [-0.25, -0.2) is 0 Å². The molecule has 0 spiro atoms. The Morgan fingerprint density at radius 3 is 2.60 bits per heavy atom. The van der Waals surface area contributed by atoms with Crippen molar-refractivity contribution in [3.63, 3.8) is 0 Å². The van der Waals surface area contributed by atoms with Gasteiger partial charge in [-0.05, 0) is 39.3 Å². The highest BCUT2D eigenvalue weighted by molar-refractivity contribution is 4.85. The van der Waals surface area contributed by atoms with E-state index in [1.165, 1.54) is 12.8 Å². The fourth-order valence-corrected chi connectivity index (χ4v) is 2.12. The lowest BCUT2D eigenvalue weighted by molar-refractivity contribution is 0.131. The van der Waals surface area contributed by atoms with Crippen molar-refractivity contribution in [2.24, 2.45) is 5.92 Å². The molecule has 0 aliphatic heterocycles. The minimum Gasteiger partial charge on any atom is -0.383 e. The van der Waals surface area contributed by atoms with Gasteiger partial charge in [-0.2, -0.15) is 0 Å². The van der Waals surface area contributed by atoms with E-state index in [4.69, 9.17) is 4.74 Å². The van der Waals surface area contributed by atoms with Crippen LogP contribution in [-0.2, 0) is 4.74 Å². The van der Waals surface area contributed by atoms with Crippen molar-refractivity contribution in [3.05, 3.63) is 0 Å². The maximum absolute atomic E-state index is 5.22. The average Bonchev–Trinajstić information content (AvgIpc) is 3.00. The number of nitrogens with one attached hydrogen (secondary N) is 1. The number of hydrogen-bond donors (Lipinski definition) is 1. The molecule has 0 aromatic rings. The summed E-state index contributed by atoms with van der Waals surface area (Å²) in [7, 11) is 4.00. The lowest BCUT2D eigenvalue weighted by Gasteiger charge is -2.29. The number of hydrogen-bond acceptors (Lipinski definition) is 3. The van der Waals surface area contributed by atoms with Gasteiger partial charge in [0.25, 0.3) is 0 Å². The molecule has 0 bridgehead atoms. The van der Waals surface area contributed by atoms with Gasteiger partial charge in [0.2, 0.25) is 0 Å². The molecular formula is C12H26N2O. The van der Waals surface area contributed by atoms with E-state index in [2.05, 4.69) is 31.1 Å². The number of likely N-dealkylation sites (N-methyl/N-ethyl adjacent to an activating group) is 2. The fraction of sp³-hybridized carbons (Fsp3) is 1.00. The molecule has 0 amide bonds. The van der Waals surface area contributed by atoms with Gasteiger partial charge in [0, 0.05) is 25.7 Å². The highest BCUT2D eigenvalue weighted by atomic mass is 16.5. The summed E-state index contributed by atoms with van der Waals surface area (Å²) < 4.78 is 5.22. The van der Waals surface area contributed by atoms with Crippen LogP contribution in [0.25, 0.3) is 0 Å². The monoisotopic (exact) mass is 214 g/mol. The normalized spacial score (nSPS) is 20.6. The zero-order valence-corrected chi connectivity index (χ0v) is 10.6. The first-order valence-electron chi connectivity index (χ1n) is 6.11. The number of methoxy groups -OCH3 is 1. The molecule has 3 nitrogen and oxygen atoms in total. The van der Waals surface area contributed by atoms with E-state index in [0.29, 0.717) is 6.04 Å². The van der Waals surface area contributed by atoms with Crippen molar-refractivity contribution >= 4 is 0 Å². The molecule has 3 heteroatoms. The SMILES string of the molecule is CCNC(COC)CN(C)C(C)C1CC1. The second kappa shape index (κ2) is 6.46. The van der Waals surface area contributed by atoms with Crippen molar-refractivity contribution in [2.45, 2.75) is 38.8 Å². The zero-order valence-electron chi connectivity index (χ0n) is 10.6. The third-order valence-electron chi connectivity index (χ3n) is 3.37. The van der Waals surface area contributed by atoms with Gasteiger partial charge in [-0.1, -0.05) is 6.92 Å². The molecule has 90 valence electrons. The van der Waals surface area contributed by atoms with Crippen LogP contribution >= 0.6 is 0 Å². The minimum atomic E-state index is 0.464. The van der Waals surface area contributed by atoms with E-state index in [-0.39, 0.29) is 0 Å². The maximum atomic E-state index is 5.22. The Morgan fingerprint density at radius 1 is 1.47 bits per heavy atom. The van der Waals surface area contributed by atoms with E-state index in [0.717, 1.165) is 31.7 Å². The predicted molar refractivity (Wildman–Crippen MR) is 64.2 cm³/mol. The molecule has 2 unspecified atom stereocenters. The summed E-state index contributed by atoms with van der Waals surface area (Å²) in [4.78, 5) is 2.46. The van der Waals surface area contributed by atoms with E-state index in [1.54, 1.807) is 7.11 Å². The van der Waals surface area contributed by atoms with Crippen molar-refractivity contribution in [1.82, 2.24) is 10.2 Å². The Balaban J connectivity index is 2.27. The molecular weight excluding hydrogens is 188 g/mol. The summed E-state index contributed by atoms with van der Waals surface area (Å²) >= 11 is 0. The first kappa shape index (κ1) is 12.9. The molecule has 1 rings (SSSR count). The summed E-state index contributed by atoms with van der Waals surface area (Å²) in [6.07, 6.45) is 2.84. The van der Waals surface area contributed by atoms with Gasteiger partial charge in [0.1, 0.15) is 0 Å². The quantitative estimate of drug-likeness (QED) is 0.660. The van der Waals surface area contributed by atoms with Gasteiger partial charge in [-0.15, -0.1) is 0 Å². The third-order valence-corrected chi connectivity index (χ3v) is 3.37. The van der Waals surface area contributed by atoms with Gasteiger partial charge in [-0.3, -0.25) is 0 Å². The van der Waals surface area contributed by atoms with E-state index in [9.17, 15) is 0 Å². The van der Waals surface area contributed by atoms with Crippen molar-refractivity contribution < 1.29 is 4.74 Å². The Labute approximate surface area is 94.2 Å². The molecule has 0 saturated heterocycles. The van der Waals surface area contributed by atoms with Crippen LogP contribution in [0.15, 0.2) is 0 Å². The summed E-state index contributed by atoms with van der Waals surface area (Å²) in [6, 6.07) is 1.19. The first-order chi connectivity index (χ1) is 7.19. The topological polar surface area (TPSA) is 24.5 Å². The van der Waals surface area contributed by atoms with Crippen LogP contribution in [0, 0.1) is 5.92 Å². The van der Waals surface area contributed by atoms with Crippen molar-refractivity contribution in [2.75, 3.05) is 33.9 Å². The Hall–Kier alpha value is -0.120. The van der Waals surface area contributed by atoms with E-state index >= 15 is 0 Å². The van der Waals surface area contributed by atoms with Crippen LogP contribution in [0.2, 0.25) is 0 Å². The second-order valence-corrected chi connectivity index (χ2v) is 4.73. The molecule has 2 atom stereocenters. The Bertz CT molecular complexity index is 165. The Kier molecular flexibility index (Phi) is 5.58. The Morgan fingerprint density at radius 2 is 2.13 bits per heavy atom.